The van der Waals surface area contributed by atoms with Gasteiger partial charge in [-0.2, -0.15) is 4.98 Å². The van der Waals surface area contributed by atoms with Crippen molar-refractivity contribution in [2.45, 2.75) is 43.3 Å². The number of rotatable bonds is 6. The maximum absolute atomic E-state index is 12.8. The molecule has 0 radical (unpaired) electrons. The molecule has 1 atom stereocenters. The van der Waals surface area contributed by atoms with Crippen molar-refractivity contribution in [2.75, 3.05) is 26.0 Å². The first-order valence-corrected chi connectivity index (χ1v) is 11.5. The van der Waals surface area contributed by atoms with Gasteiger partial charge in [-0.05, 0) is 30.5 Å². The number of hydrogen-bond acceptors (Lipinski definition) is 7. The van der Waals surface area contributed by atoms with Crippen LogP contribution in [-0.2, 0) is 21.1 Å². The first-order chi connectivity index (χ1) is 13.9. The lowest BCUT2D eigenvalue weighted by Crippen LogP contribution is -2.67. The number of benzene rings is 1. The Kier molecular flexibility index (Phi) is 5.10. The molecule has 9 heteroatoms. The van der Waals surface area contributed by atoms with Gasteiger partial charge in [0.15, 0.2) is 15.7 Å². The summed E-state index contributed by atoms with van der Waals surface area (Å²) in [5.41, 5.74) is 1.01. The average molecular weight is 420 g/mol. The average Bonchev–Trinajstić information content (AvgIpc) is 3.22. The number of carbonyl (C=O) groups excluding carboxylic acids is 1. The molecule has 4 rings (SSSR count). The summed E-state index contributed by atoms with van der Waals surface area (Å²) < 4.78 is 35.2. The van der Waals surface area contributed by atoms with Crippen LogP contribution in [0.15, 0.2) is 28.8 Å². The molecule has 0 bridgehead atoms. The molecular formula is C20H25N3O5S. The second-order valence-electron chi connectivity index (χ2n) is 7.80. The SMILES string of the molecule is CCCC(=O)N1CC2(C1)C(c1nc(Cc3ccc(OC)cc3)no1)CCS2(=O)=O. The lowest BCUT2D eigenvalue weighted by atomic mass is 9.83. The molecule has 2 aliphatic heterocycles. The van der Waals surface area contributed by atoms with E-state index in [0.29, 0.717) is 31.0 Å². The molecule has 2 fully saturated rings. The van der Waals surface area contributed by atoms with Gasteiger partial charge < -0.3 is 14.2 Å². The second-order valence-corrected chi connectivity index (χ2v) is 10.2. The molecular weight excluding hydrogens is 394 g/mol. The van der Waals surface area contributed by atoms with Crippen molar-refractivity contribution < 1.29 is 22.5 Å². The Morgan fingerprint density at radius 2 is 2.03 bits per heavy atom. The van der Waals surface area contributed by atoms with Gasteiger partial charge >= 0.3 is 0 Å². The normalized spacial score (nSPS) is 21.9. The van der Waals surface area contributed by atoms with Crippen LogP contribution in [-0.4, -0.2) is 60.1 Å². The zero-order chi connectivity index (χ0) is 20.6. The van der Waals surface area contributed by atoms with E-state index < -0.39 is 14.6 Å². The molecule has 2 saturated heterocycles. The molecule has 29 heavy (non-hydrogen) atoms. The van der Waals surface area contributed by atoms with Crippen LogP contribution < -0.4 is 4.74 Å². The Morgan fingerprint density at radius 1 is 1.31 bits per heavy atom. The predicted octanol–water partition coefficient (Wildman–Crippen LogP) is 1.95. The minimum atomic E-state index is -3.32. The highest BCUT2D eigenvalue weighted by atomic mass is 32.2. The fraction of sp³-hybridized carbons (Fsp3) is 0.550. The summed E-state index contributed by atoms with van der Waals surface area (Å²) in [6, 6.07) is 7.59. The summed E-state index contributed by atoms with van der Waals surface area (Å²) in [5, 5.41) is 4.06. The van der Waals surface area contributed by atoms with Crippen molar-refractivity contribution >= 4 is 15.7 Å². The molecule has 2 aliphatic rings. The molecule has 1 aromatic carbocycles. The van der Waals surface area contributed by atoms with Crippen molar-refractivity contribution in [1.29, 1.82) is 0 Å². The molecule has 0 N–H and O–H groups in total. The number of aromatic nitrogens is 2. The van der Waals surface area contributed by atoms with Gasteiger partial charge in [0.1, 0.15) is 10.5 Å². The van der Waals surface area contributed by atoms with E-state index in [-0.39, 0.29) is 30.7 Å². The van der Waals surface area contributed by atoms with E-state index in [1.165, 1.54) is 0 Å². The standard InChI is InChI=1S/C20H25N3O5S/c1-3-4-18(24)23-12-20(13-23)16(9-10-29(20,25)26)19-21-17(22-28-19)11-14-5-7-15(27-2)8-6-14/h5-8,16H,3-4,9-13H2,1-2H3. The number of methoxy groups -OCH3 is 1. The van der Waals surface area contributed by atoms with Crippen molar-refractivity contribution in [1.82, 2.24) is 15.0 Å². The summed E-state index contributed by atoms with van der Waals surface area (Å²) in [5.74, 6) is 1.37. The largest absolute Gasteiger partial charge is 0.497 e. The Labute approximate surface area is 170 Å². The number of likely N-dealkylation sites (tertiary alicyclic amines) is 1. The van der Waals surface area contributed by atoms with Crippen LogP contribution in [0, 0.1) is 0 Å². The minimum absolute atomic E-state index is 0.00435. The molecule has 156 valence electrons. The minimum Gasteiger partial charge on any atom is -0.497 e. The number of sulfone groups is 1. The van der Waals surface area contributed by atoms with Gasteiger partial charge in [-0.3, -0.25) is 4.79 Å². The third-order valence-corrected chi connectivity index (χ3v) is 8.52. The van der Waals surface area contributed by atoms with E-state index in [4.69, 9.17) is 9.26 Å². The Bertz CT molecular complexity index is 993. The van der Waals surface area contributed by atoms with Crippen molar-refractivity contribution in [3.05, 3.63) is 41.5 Å². The first kappa shape index (κ1) is 19.9. The molecule has 1 aromatic heterocycles. The number of ether oxygens (including phenoxy) is 1. The van der Waals surface area contributed by atoms with Crippen LogP contribution in [0.2, 0.25) is 0 Å². The van der Waals surface area contributed by atoms with E-state index in [1.54, 1.807) is 12.0 Å². The molecule has 3 heterocycles. The lowest BCUT2D eigenvalue weighted by molar-refractivity contribution is -0.136. The van der Waals surface area contributed by atoms with Gasteiger partial charge in [-0.25, -0.2) is 8.42 Å². The summed E-state index contributed by atoms with van der Waals surface area (Å²) >= 11 is 0. The van der Waals surface area contributed by atoms with Gasteiger partial charge in [0, 0.05) is 25.9 Å². The number of carbonyl (C=O) groups is 1. The molecule has 1 spiro atoms. The number of amides is 1. The van der Waals surface area contributed by atoms with Crippen LogP contribution in [0.1, 0.15) is 49.4 Å². The highest BCUT2D eigenvalue weighted by molar-refractivity contribution is 7.93. The van der Waals surface area contributed by atoms with Crippen molar-refractivity contribution in [3.8, 4) is 5.75 Å². The van der Waals surface area contributed by atoms with E-state index in [0.717, 1.165) is 17.7 Å². The number of nitrogens with zero attached hydrogens (tertiary/aromatic N) is 3. The topological polar surface area (TPSA) is 103 Å². The fourth-order valence-corrected chi connectivity index (χ4v) is 6.59. The summed E-state index contributed by atoms with van der Waals surface area (Å²) in [6.07, 6.45) is 2.12. The third kappa shape index (κ3) is 3.41. The van der Waals surface area contributed by atoms with Crippen LogP contribution in [0.3, 0.4) is 0 Å². The van der Waals surface area contributed by atoms with Crippen LogP contribution in [0.5, 0.6) is 5.75 Å². The quantitative estimate of drug-likeness (QED) is 0.705. The van der Waals surface area contributed by atoms with E-state index in [2.05, 4.69) is 10.1 Å². The molecule has 1 amide bonds. The molecule has 1 unspecified atom stereocenters. The van der Waals surface area contributed by atoms with E-state index in [1.807, 2.05) is 31.2 Å². The molecule has 0 saturated carbocycles. The molecule has 8 nitrogen and oxygen atoms in total. The van der Waals surface area contributed by atoms with E-state index in [9.17, 15) is 13.2 Å². The van der Waals surface area contributed by atoms with Gasteiger partial charge in [0.05, 0.1) is 18.8 Å². The highest BCUT2D eigenvalue weighted by Gasteiger charge is 2.64. The van der Waals surface area contributed by atoms with Gasteiger partial charge in [0.2, 0.25) is 11.8 Å². The maximum Gasteiger partial charge on any atom is 0.231 e. The van der Waals surface area contributed by atoms with E-state index >= 15 is 0 Å². The molecule has 2 aromatic rings. The fourth-order valence-electron chi connectivity index (χ4n) is 4.28. The van der Waals surface area contributed by atoms with Gasteiger partial charge in [-0.1, -0.05) is 24.2 Å². The Hall–Kier alpha value is -2.42. The summed E-state index contributed by atoms with van der Waals surface area (Å²) in [4.78, 5) is 18.3. The summed E-state index contributed by atoms with van der Waals surface area (Å²) in [6.45, 7) is 2.37. The first-order valence-electron chi connectivity index (χ1n) is 9.84. The van der Waals surface area contributed by atoms with Gasteiger partial charge in [-0.15, -0.1) is 0 Å². The highest BCUT2D eigenvalue weighted by Crippen LogP contribution is 2.49. The monoisotopic (exact) mass is 419 g/mol. The Morgan fingerprint density at radius 3 is 2.69 bits per heavy atom. The van der Waals surface area contributed by atoms with Crippen molar-refractivity contribution in [2.24, 2.45) is 0 Å². The summed E-state index contributed by atoms with van der Waals surface area (Å²) in [7, 11) is -1.71. The number of hydrogen-bond donors (Lipinski definition) is 0. The molecule has 0 aliphatic carbocycles. The second kappa shape index (κ2) is 7.44. The maximum atomic E-state index is 12.8. The lowest BCUT2D eigenvalue weighted by Gasteiger charge is -2.49. The van der Waals surface area contributed by atoms with Crippen LogP contribution in [0.4, 0.5) is 0 Å². The third-order valence-electron chi connectivity index (χ3n) is 5.97. The van der Waals surface area contributed by atoms with Crippen LogP contribution in [0.25, 0.3) is 0 Å². The Balaban J connectivity index is 1.51. The predicted molar refractivity (Wildman–Crippen MR) is 105 cm³/mol. The van der Waals surface area contributed by atoms with Gasteiger partial charge in [0.25, 0.3) is 0 Å². The smallest absolute Gasteiger partial charge is 0.231 e. The zero-order valence-corrected chi connectivity index (χ0v) is 17.4. The van der Waals surface area contributed by atoms with Crippen molar-refractivity contribution in [3.63, 3.8) is 0 Å². The zero-order valence-electron chi connectivity index (χ0n) is 16.6. The van der Waals surface area contributed by atoms with Crippen LogP contribution >= 0.6 is 0 Å².